The number of hydrazone groups is 1. The average Bonchev–Trinajstić information content (AvgIpc) is 2.65. The summed E-state index contributed by atoms with van der Waals surface area (Å²) >= 11 is 0. The molecule has 1 aliphatic carbocycles. The number of aryl methyl sites for hydroxylation is 1. The van der Waals surface area contributed by atoms with E-state index in [1.165, 1.54) is 5.56 Å². The minimum absolute atomic E-state index is 0.108. The number of carbonyl (C=O) groups excluding carboxylic acids is 2. The number of amides is 2. The lowest BCUT2D eigenvalue weighted by molar-refractivity contribution is -0.124. The fourth-order valence-electron chi connectivity index (χ4n) is 2.87. The molecule has 2 N–H and O–H groups in total. The van der Waals surface area contributed by atoms with Gasteiger partial charge in [-0.05, 0) is 37.0 Å². The van der Waals surface area contributed by atoms with Crippen LogP contribution in [0.1, 0.15) is 36.8 Å². The number of rotatable bonds is 5. The van der Waals surface area contributed by atoms with Crippen molar-refractivity contribution in [3.05, 3.63) is 65.7 Å². The number of anilines is 1. The van der Waals surface area contributed by atoms with Gasteiger partial charge in [-0.25, -0.2) is 5.43 Å². The SMILES string of the molecule is O=C(CCC(=O)Nc1ccccc1)N/N=C1\CCCc2ccccc21. The van der Waals surface area contributed by atoms with Crippen LogP contribution >= 0.6 is 0 Å². The number of carbonyl (C=O) groups is 2. The summed E-state index contributed by atoms with van der Waals surface area (Å²) in [5, 5.41) is 7.03. The second kappa shape index (κ2) is 8.24. The zero-order valence-corrected chi connectivity index (χ0v) is 14.0. The molecule has 0 bridgehead atoms. The van der Waals surface area contributed by atoms with E-state index in [9.17, 15) is 9.59 Å². The van der Waals surface area contributed by atoms with E-state index in [0.29, 0.717) is 0 Å². The molecule has 0 radical (unpaired) electrons. The summed E-state index contributed by atoms with van der Waals surface area (Å²) in [4.78, 5) is 23.8. The first-order chi connectivity index (χ1) is 12.2. The molecule has 25 heavy (non-hydrogen) atoms. The molecule has 0 spiro atoms. The van der Waals surface area contributed by atoms with Crippen LogP contribution < -0.4 is 10.7 Å². The molecule has 0 fully saturated rings. The van der Waals surface area contributed by atoms with Gasteiger partial charge in [0, 0.05) is 24.1 Å². The van der Waals surface area contributed by atoms with Gasteiger partial charge in [-0.15, -0.1) is 0 Å². The second-order valence-electron chi connectivity index (χ2n) is 6.02. The zero-order chi connectivity index (χ0) is 17.5. The molecule has 0 aromatic heterocycles. The number of fused-ring (bicyclic) bond motifs is 1. The highest BCUT2D eigenvalue weighted by molar-refractivity contribution is 6.03. The summed E-state index contributed by atoms with van der Waals surface area (Å²) in [6.45, 7) is 0. The van der Waals surface area contributed by atoms with Gasteiger partial charge in [0.25, 0.3) is 0 Å². The highest BCUT2D eigenvalue weighted by atomic mass is 16.2. The fourth-order valence-corrected chi connectivity index (χ4v) is 2.87. The molecule has 2 aromatic carbocycles. The van der Waals surface area contributed by atoms with E-state index in [2.05, 4.69) is 21.9 Å². The molecule has 2 aromatic rings. The number of nitrogens with zero attached hydrogens (tertiary/aromatic N) is 1. The summed E-state index contributed by atoms with van der Waals surface area (Å²) in [6, 6.07) is 17.3. The highest BCUT2D eigenvalue weighted by Crippen LogP contribution is 2.21. The Morgan fingerprint density at radius 2 is 1.60 bits per heavy atom. The molecule has 0 saturated carbocycles. The van der Waals surface area contributed by atoms with Gasteiger partial charge >= 0.3 is 0 Å². The van der Waals surface area contributed by atoms with Gasteiger partial charge in [0.1, 0.15) is 0 Å². The van der Waals surface area contributed by atoms with E-state index in [-0.39, 0.29) is 24.7 Å². The molecule has 0 heterocycles. The molecule has 0 atom stereocenters. The maximum Gasteiger partial charge on any atom is 0.240 e. The Bertz CT molecular complexity index is 785. The van der Waals surface area contributed by atoms with Gasteiger partial charge < -0.3 is 5.32 Å². The van der Waals surface area contributed by atoms with Gasteiger partial charge in [-0.2, -0.15) is 5.10 Å². The van der Waals surface area contributed by atoms with E-state index in [4.69, 9.17) is 0 Å². The molecule has 2 amide bonds. The number of benzene rings is 2. The van der Waals surface area contributed by atoms with Crippen molar-refractivity contribution in [3.8, 4) is 0 Å². The molecule has 0 unspecified atom stereocenters. The van der Waals surface area contributed by atoms with Crippen LogP contribution in [0.15, 0.2) is 59.7 Å². The van der Waals surface area contributed by atoms with Gasteiger partial charge in [0.15, 0.2) is 0 Å². The average molecular weight is 335 g/mol. The van der Waals surface area contributed by atoms with Crippen LogP contribution in [0.2, 0.25) is 0 Å². The molecule has 0 saturated heterocycles. The van der Waals surface area contributed by atoms with Crippen molar-refractivity contribution in [2.45, 2.75) is 32.1 Å². The summed E-state index contributed by atoms with van der Waals surface area (Å²) in [7, 11) is 0. The number of nitrogens with one attached hydrogen (secondary N) is 2. The monoisotopic (exact) mass is 335 g/mol. The Hall–Kier alpha value is -2.95. The third-order valence-corrected chi connectivity index (χ3v) is 4.14. The topological polar surface area (TPSA) is 70.6 Å². The van der Waals surface area contributed by atoms with E-state index in [1.807, 2.05) is 48.5 Å². The van der Waals surface area contributed by atoms with Crippen molar-refractivity contribution in [1.82, 2.24) is 5.43 Å². The molecule has 5 heteroatoms. The Morgan fingerprint density at radius 1 is 0.880 bits per heavy atom. The van der Waals surface area contributed by atoms with Crippen LogP contribution in [0.4, 0.5) is 5.69 Å². The zero-order valence-electron chi connectivity index (χ0n) is 14.0. The Labute approximate surface area is 147 Å². The summed E-state index contributed by atoms with van der Waals surface area (Å²) in [5.41, 5.74) is 6.59. The van der Waals surface area contributed by atoms with Crippen LogP contribution in [0.5, 0.6) is 0 Å². The first-order valence-corrected chi connectivity index (χ1v) is 8.51. The summed E-state index contributed by atoms with van der Waals surface area (Å²) < 4.78 is 0. The lowest BCUT2D eigenvalue weighted by atomic mass is 9.90. The lowest BCUT2D eigenvalue weighted by Gasteiger charge is -2.17. The maximum atomic E-state index is 12.0. The predicted molar refractivity (Wildman–Crippen MR) is 98.4 cm³/mol. The second-order valence-corrected chi connectivity index (χ2v) is 6.02. The quantitative estimate of drug-likeness (QED) is 0.823. The molecule has 5 nitrogen and oxygen atoms in total. The van der Waals surface area contributed by atoms with Crippen LogP contribution in [0, 0.1) is 0 Å². The smallest absolute Gasteiger partial charge is 0.240 e. The van der Waals surface area contributed by atoms with Gasteiger partial charge in [0.05, 0.1) is 5.71 Å². The van der Waals surface area contributed by atoms with E-state index >= 15 is 0 Å². The summed E-state index contributed by atoms with van der Waals surface area (Å²) in [5.74, 6) is -0.434. The normalized spacial score (nSPS) is 14.6. The molecule has 0 aliphatic heterocycles. The molecule has 128 valence electrons. The van der Waals surface area contributed by atoms with Crippen LogP contribution in [-0.2, 0) is 16.0 Å². The Morgan fingerprint density at radius 3 is 2.44 bits per heavy atom. The predicted octanol–water partition coefficient (Wildman–Crippen LogP) is 3.26. The third-order valence-electron chi connectivity index (χ3n) is 4.14. The maximum absolute atomic E-state index is 12.0. The number of hydrogen-bond donors (Lipinski definition) is 2. The van der Waals surface area contributed by atoms with Crippen molar-refractivity contribution in [3.63, 3.8) is 0 Å². The first kappa shape index (κ1) is 16.9. The molecular weight excluding hydrogens is 314 g/mol. The van der Waals surface area contributed by atoms with Crippen molar-refractivity contribution in [2.24, 2.45) is 5.10 Å². The molecule has 1 aliphatic rings. The van der Waals surface area contributed by atoms with Crippen molar-refractivity contribution in [1.29, 1.82) is 0 Å². The minimum Gasteiger partial charge on any atom is -0.326 e. The molecule has 3 rings (SSSR count). The third kappa shape index (κ3) is 4.76. The first-order valence-electron chi connectivity index (χ1n) is 8.51. The Kier molecular flexibility index (Phi) is 5.57. The fraction of sp³-hybridized carbons (Fsp3) is 0.250. The van der Waals surface area contributed by atoms with E-state index < -0.39 is 0 Å². The van der Waals surface area contributed by atoms with E-state index in [1.54, 1.807) is 0 Å². The van der Waals surface area contributed by atoms with Crippen molar-refractivity contribution >= 4 is 23.2 Å². The summed E-state index contributed by atoms with van der Waals surface area (Å²) in [6.07, 6.45) is 3.17. The minimum atomic E-state index is -0.251. The van der Waals surface area contributed by atoms with Crippen LogP contribution in [0.25, 0.3) is 0 Å². The van der Waals surface area contributed by atoms with Gasteiger partial charge in [-0.3, -0.25) is 9.59 Å². The Balaban J connectivity index is 1.49. The van der Waals surface area contributed by atoms with Crippen molar-refractivity contribution < 1.29 is 9.59 Å². The van der Waals surface area contributed by atoms with Gasteiger partial charge in [0.2, 0.25) is 11.8 Å². The highest BCUT2D eigenvalue weighted by Gasteiger charge is 2.15. The van der Waals surface area contributed by atoms with Gasteiger partial charge in [-0.1, -0.05) is 42.5 Å². The largest absolute Gasteiger partial charge is 0.326 e. The lowest BCUT2D eigenvalue weighted by Crippen LogP contribution is -2.23. The van der Waals surface area contributed by atoms with Crippen molar-refractivity contribution in [2.75, 3.05) is 5.32 Å². The number of hydrogen-bond acceptors (Lipinski definition) is 3. The van der Waals surface area contributed by atoms with Crippen LogP contribution in [-0.4, -0.2) is 17.5 Å². The molecular formula is C20H21N3O2. The van der Waals surface area contributed by atoms with E-state index in [0.717, 1.165) is 36.2 Å². The van der Waals surface area contributed by atoms with Crippen LogP contribution in [0.3, 0.4) is 0 Å². The number of para-hydroxylation sites is 1. The standard InChI is InChI=1S/C20H21N3O2/c24-19(21-16-9-2-1-3-10-16)13-14-20(25)23-22-18-12-6-8-15-7-4-5-11-17(15)18/h1-5,7,9-11H,6,8,12-14H2,(H,21,24)(H,23,25)/b22-18+.